The molecule has 1 N–H and O–H groups in total. The average molecular weight is 388 g/mol. The van der Waals surface area contributed by atoms with Crippen molar-refractivity contribution in [1.29, 1.82) is 0 Å². The SMILES string of the molecule is COc1cccc(CN2CC[C@@]3(C2)[C@@H](O)CN(c2ccccc2)S3(=O)=O)c1. The fraction of sp³-hybridized carbons (Fsp3) is 0.400. The van der Waals surface area contributed by atoms with Gasteiger partial charge in [0.15, 0.2) is 0 Å². The maximum Gasteiger partial charge on any atom is 0.244 e. The summed E-state index contributed by atoms with van der Waals surface area (Å²) in [5.41, 5.74) is 1.68. The Bertz CT molecular complexity index is 919. The van der Waals surface area contributed by atoms with E-state index in [1.165, 1.54) is 4.31 Å². The Balaban J connectivity index is 1.57. The van der Waals surface area contributed by atoms with Crippen LogP contribution in [-0.2, 0) is 16.6 Å². The molecule has 0 amide bonds. The molecule has 0 bridgehead atoms. The lowest BCUT2D eigenvalue weighted by Crippen LogP contribution is -2.47. The zero-order valence-electron chi connectivity index (χ0n) is 15.3. The van der Waals surface area contributed by atoms with E-state index in [2.05, 4.69) is 4.90 Å². The monoisotopic (exact) mass is 388 g/mol. The third-order valence-electron chi connectivity index (χ3n) is 5.68. The number of para-hydroxylation sites is 1. The molecule has 144 valence electrons. The van der Waals surface area contributed by atoms with E-state index in [1.807, 2.05) is 42.5 Å². The number of aliphatic hydroxyl groups is 1. The van der Waals surface area contributed by atoms with E-state index < -0.39 is 20.9 Å². The van der Waals surface area contributed by atoms with Crippen LogP contribution in [0.2, 0.25) is 0 Å². The first-order chi connectivity index (χ1) is 13.0. The van der Waals surface area contributed by atoms with Gasteiger partial charge in [-0.2, -0.15) is 0 Å². The second-order valence-electron chi connectivity index (χ2n) is 7.26. The lowest BCUT2D eigenvalue weighted by molar-refractivity contribution is 0.143. The highest BCUT2D eigenvalue weighted by Crippen LogP contribution is 2.43. The highest BCUT2D eigenvalue weighted by Gasteiger charge is 2.61. The van der Waals surface area contributed by atoms with Gasteiger partial charge in [0.25, 0.3) is 0 Å². The van der Waals surface area contributed by atoms with E-state index in [0.29, 0.717) is 31.7 Å². The Labute approximate surface area is 160 Å². The molecule has 2 aromatic rings. The van der Waals surface area contributed by atoms with Crippen LogP contribution in [0, 0.1) is 0 Å². The summed E-state index contributed by atoms with van der Waals surface area (Å²) in [6, 6.07) is 16.8. The van der Waals surface area contributed by atoms with Gasteiger partial charge in [0.1, 0.15) is 10.5 Å². The molecule has 2 aromatic carbocycles. The summed E-state index contributed by atoms with van der Waals surface area (Å²) in [7, 11) is -2.02. The fourth-order valence-electron chi connectivity index (χ4n) is 4.18. The number of β-amino-alcohol motifs (C(OH)–C–C–N with tert-alkyl or cyclic N) is 1. The van der Waals surface area contributed by atoms with Gasteiger partial charge in [-0.15, -0.1) is 0 Å². The molecule has 2 aliphatic rings. The first-order valence-corrected chi connectivity index (χ1v) is 10.5. The maximum atomic E-state index is 13.3. The van der Waals surface area contributed by atoms with Crippen LogP contribution in [0.5, 0.6) is 5.75 Å². The van der Waals surface area contributed by atoms with Crippen molar-refractivity contribution in [3.8, 4) is 5.75 Å². The summed E-state index contributed by atoms with van der Waals surface area (Å²) in [6.45, 7) is 1.71. The minimum atomic E-state index is -3.65. The van der Waals surface area contributed by atoms with Crippen molar-refractivity contribution < 1.29 is 18.3 Å². The number of methoxy groups -OCH3 is 1. The van der Waals surface area contributed by atoms with Crippen molar-refractivity contribution in [2.45, 2.75) is 23.8 Å². The van der Waals surface area contributed by atoms with E-state index in [4.69, 9.17) is 4.74 Å². The molecular weight excluding hydrogens is 364 g/mol. The predicted molar refractivity (Wildman–Crippen MR) is 104 cm³/mol. The van der Waals surface area contributed by atoms with Gasteiger partial charge in [-0.25, -0.2) is 8.42 Å². The lowest BCUT2D eigenvalue weighted by Gasteiger charge is -2.27. The fourth-order valence-corrected chi connectivity index (χ4v) is 6.47. The molecule has 0 unspecified atom stereocenters. The zero-order chi connectivity index (χ0) is 19.1. The van der Waals surface area contributed by atoms with Crippen molar-refractivity contribution in [3.63, 3.8) is 0 Å². The van der Waals surface area contributed by atoms with E-state index in [9.17, 15) is 13.5 Å². The van der Waals surface area contributed by atoms with Gasteiger partial charge in [0.05, 0.1) is 25.4 Å². The van der Waals surface area contributed by atoms with E-state index in [-0.39, 0.29) is 6.54 Å². The summed E-state index contributed by atoms with van der Waals surface area (Å²) in [4.78, 5) is 2.10. The minimum absolute atomic E-state index is 0.110. The summed E-state index contributed by atoms with van der Waals surface area (Å²) in [5.74, 6) is 0.783. The van der Waals surface area contributed by atoms with Gasteiger partial charge >= 0.3 is 0 Å². The third-order valence-corrected chi connectivity index (χ3v) is 8.25. The smallest absolute Gasteiger partial charge is 0.244 e. The lowest BCUT2D eigenvalue weighted by atomic mass is 10.0. The van der Waals surface area contributed by atoms with Crippen LogP contribution in [-0.4, -0.2) is 56.0 Å². The topological polar surface area (TPSA) is 70.1 Å². The summed E-state index contributed by atoms with van der Waals surface area (Å²) in [5, 5.41) is 10.7. The molecule has 0 aromatic heterocycles. The first-order valence-electron chi connectivity index (χ1n) is 9.07. The van der Waals surface area contributed by atoms with E-state index in [1.54, 1.807) is 19.2 Å². The molecule has 2 atom stereocenters. The van der Waals surface area contributed by atoms with Crippen LogP contribution in [0.1, 0.15) is 12.0 Å². The quantitative estimate of drug-likeness (QED) is 0.866. The number of likely N-dealkylation sites (tertiary alicyclic amines) is 1. The van der Waals surface area contributed by atoms with Crippen LogP contribution < -0.4 is 9.04 Å². The molecule has 2 heterocycles. The second-order valence-corrected chi connectivity index (χ2v) is 9.47. The number of hydrogen-bond acceptors (Lipinski definition) is 5. The van der Waals surface area contributed by atoms with Gasteiger partial charge in [0.2, 0.25) is 10.0 Å². The Morgan fingerprint density at radius 1 is 1.19 bits per heavy atom. The van der Waals surface area contributed by atoms with Gasteiger partial charge in [-0.1, -0.05) is 30.3 Å². The Hall–Kier alpha value is -2.09. The van der Waals surface area contributed by atoms with Crippen LogP contribution >= 0.6 is 0 Å². The molecule has 7 heteroatoms. The number of benzene rings is 2. The second kappa shape index (κ2) is 6.82. The Kier molecular flexibility index (Phi) is 4.61. The number of ether oxygens (including phenoxy) is 1. The molecular formula is C20H24N2O4S. The van der Waals surface area contributed by atoms with Crippen molar-refractivity contribution in [3.05, 3.63) is 60.2 Å². The molecule has 4 rings (SSSR count). The maximum absolute atomic E-state index is 13.3. The molecule has 27 heavy (non-hydrogen) atoms. The van der Waals surface area contributed by atoms with Crippen LogP contribution in [0.15, 0.2) is 54.6 Å². The van der Waals surface area contributed by atoms with Crippen LogP contribution in [0.4, 0.5) is 5.69 Å². The Morgan fingerprint density at radius 2 is 1.96 bits per heavy atom. The number of aliphatic hydroxyl groups excluding tert-OH is 1. The van der Waals surface area contributed by atoms with Gasteiger partial charge in [-0.05, 0) is 36.2 Å². The van der Waals surface area contributed by atoms with Gasteiger partial charge < -0.3 is 9.84 Å². The third kappa shape index (κ3) is 2.99. The molecule has 0 radical (unpaired) electrons. The molecule has 1 spiro atoms. The summed E-state index contributed by atoms with van der Waals surface area (Å²) < 4.78 is 32.2. The number of rotatable bonds is 4. The van der Waals surface area contributed by atoms with Crippen LogP contribution in [0.25, 0.3) is 0 Å². The normalized spacial score (nSPS) is 27.3. The number of nitrogens with zero attached hydrogens (tertiary/aromatic N) is 2. The molecule has 2 saturated heterocycles. The highest BCUT2D eigenvalue weighted by molar-refractivity contribution is 7.94. The van der Waals surface area contributed by atoms with Crippen molar-refractivity contribution in [2.75, 3.05) is 31.0 Å². The van der Waals surface area contributed by atoms with Crippen molar-refractivity contribution in [1.82, 2.24) is 4.90 Å². The zero-order valence-corrected chi connectivity index (χ0v) is 16.1. The molecule has 0 aliphatic carbocycles. The summed E-state index contributed by atoms with van der Waals surface area (Å²) >= 11 is 0. The number of hydrogen-bond donors (Lipinski definition) is 1. The highest BCUT2D eigenvalue weighted by atomic mass is 32.2. The minimum Gasteiger partial charge on any atom is -0.497 e. The summed E-state index contributed by atoms with van der Waals surface area (Å²) in [6.07, 6.45) is -0.470. The van der Waals surface area contributed by atoms with Gasteiger partial charge in [-0.3, -0.25) is 9.21 Å². The first kappa shape index (κ1) is 18.3. The van der Waals surface area contributed by atoms with Crippen molar-refractivity contribution >= 4 is 15.7 Å². The standard InChI is InChI=1S/C20H24N2O4S/c1-26-18-9-5-6-16(12-18)13-21-11-10-20(15-21)19(23)14-22(27(20,24)25)17-7-3-2-4-8-17/h2-9,12,19,23H,10-11,13-15H2,1H3/t19-,20+/m0/s1. The van der Waals surface area contributed by atoms with Crippen molar-refractivity contribution in [2.24, 2.45) is 0 Å². The molecule has 2 fully saturated rings. The number of anilines is 1. The average Bonchev–Trinajstić information content (AvgIpc) is 3.19. The van der Waals surface area contributed by atoms with Crippen LogP contribution in [0.3, 0.4) is 0 Å². The molecule has 2 aliphatic heterocycles. The Morgan fingerprint density at radius 3 is 2.70 bits per heavy atom. The molecule has 0 saturated carbocycles. The van der Waals surface area contributed by atoms with Gasteiger partial charge in [0, 0.05) is 19.6 Å². The van der Waals surface area contributed by atoms with E-state index in [0.717, 1.165) is 11.3 Å². The predicted octanol–water partition coefficient (Wildman–Crippen LogP) is 1.85. The molecule has 6 nitrogen and oxygen atoms in total. The number of sulfonamides is 1. The van der Waals surface area contributed by atoms with E-state index >= 15 is 0 Å². The largest absolute Gasteiger partial charge is 0.497 e.